The molecule has 0 radical (unpaired) electrons. The van der Waals surface area contributed by atoms with Gasteiger partial charge in [0.2, 0.25) is 5.91 Å². The number of phenolic OH excluding ortho intramolecular Hbond substituents is 1. The number of likely N-dealkylation sites (tertiary alicyclic amines) is 1. The van der Waals surface area contributed by atoms with Crippen LogP contribution < -0.4 is 0 Å². The highest BCUT2D eigenvalue weighted by molar-refractivity contribution is 6.05. The second kappa shape index (κ2) is 3.73. The lowest BCUT2D eigenvalue weighted by molar-refractivity contribution is -0.125. The van der Waals surface area contributed by atoms with Gasteiger partial charge in [0.15, 0.2) is 0 Å². The minimum absolute atomic E-state index is 0.110. The molecule has 0 atom stereocenters. The minimum Gasteiger partial charge on any atom is -0.508 e. The number of hydrogen-bond donors (Lipinski definition) is 1. The molecule has 1 aromatic carbocycles. The Morgan fingerprint density at radius 2 is 1.93 bits per heavy atom. The molecule has 1 aliphatic heterocycles. The quantitative estimate of drug-likeness (QED) is 0.700. The van der Waals surface area contributed by atoms with Crippen LogP contribution >= 0.6 is 0 Å². The number of imide groups is 1. The molecule has 0 spiro atoms. The second-order valence-corrected chi connectivity index (χ2v) is 3.50. The second-order valence-electron chi connectivity index (χ2n) is 3.50. The summed E-state index contributed by atoms with van der Waals surface area (Å²) in [6, 6.07) is 5.91. The van der Waals surface area contributed by atoms with Crippen molar-refractivity contribution in [3.63, 3.8) is 0 Å². The van der Waals surface area contributed by atoms with E-state index in [0.29, 0.717) is 18.5 Å². The van der Waals surface area contributed by atoms with Crippen molar-refractivity contribution >= 4 is 11.8 Å². The van der Waals surface area contributed by atoms with E-state index in [0.717, 1.165) is 6.42 Å². The average molecular weight is 205 g/mol. The van der Waals surface area contributed by atoms with Gasteiger partial charge in [0.1, 0.15) is 5.75 Å². The molecular formula is C11H11NO3. The molecule has 1 N–H and O–H groups in total. The highest BCUT2D eigenvalue weighted by atomic mass is 16.3. The first kappa shape index (κ1) is 9.71. The van der Waals surface area contributed by atoms with Crippen LogP contribution in [0.1, 0.15) is 23.2 Å². The molecule has 78 valence electrons. The third kappa shape index (κ3) is 1.83. The molecule has 2 rings (SSSR count). The van der Waals surface area contributed by atoms with Crippen molar-refractivity contribution in [1.29, 1.82) is 0 Å². The number of rotatable bonds is 1. The number of aromatic hydroxyl groups is 1. The zero-order valence-corrected chi connectivity index (χ0v) is 8.14. The Morgan fingerprint density at radius 3 is 2.47 bits per heavy atom. The molecular weight excluding hydrogens is 194 g/mol. The van der Waals surface area contributed by atoms with Gasteiger partial charge in [-0.2, -0.15) is 0 Å². The predicted octanol–water partition coefficient (Wildman–Crippen LogP) is 1.15. The molecule has 0 aliphatic carbocycles. The van der Waals surface area contributed by atoms with Crippen molar-refractivity contribution < 1.29 is 14.7 Å². The van der Waals surface area contributed by atoms with Crippen molar-refractivity contribution in [2.75, 3.05) is 6.54 Å². The number of hydrogen-bond acceptors (Lipinski definition) is 3. The zero-order chi connectivity index (χ0) is 10.8. The van der Waals surface area contributed by atoms with Crippen molar-refractivity contribution in [3.05, 3.63) is 29.8 Å². The van der Waals surface area contributed by atoms with E-state index >= 15 is 0 Å². The molecule has 0 aromatic heterocycles. The molecule has 0 saturated carbocycles. The lowest BCUT2D eigenvalue weighted by Crippen LogP contribution is -2.31. The Labute approximate surface area is 87.1 Å². The Kier molecular flexibility index (Phi) is 2.41. The molecule has 15 heavy (non-hydrogen) atoms. The summed E-state index contributed by atoms with van der Waals surface area (Å²) in [7, 11) is 0. The molecule has 1 saturated heterocycles. The number of benzene rings is 1. The van der Waals surface area contributed by atoms with Crippen LogP contribution in [0.4, 0.5) is 0 Å². The lowest BCUT2D eigenvalue weighted by atomic mass is 10.2. The van der Waals surface area contributed by atoms with Gasteiger partial charge in [-0.05, 0) is 30.7 Å². The van der Waals surface area contributed by atoms with Crippen LogP contribution in [0.3, 0.4) is 0 Å². The maximum atomic E-state index is 11.8. The minimum atomic E-state index is -0.280. The summed E-state index contributed by atoms with van der Waals surface area (Å²) in [6.07, 6.45) is 1.19. The van der Waals surface area contributed by atoms with Crippen LogP contribution in [-0.2, 0) is 4.79 Å². The highest BCUT2D eigenvalue weighted by Crippen LogP contribution is 2.16. The largest absolute Gasteiger partial charge is 0.508 e. The number of phenols is 1. The average Bonchev–Trinajstić information content (AvgIpc) is 2.65. The van der Waals surface area contributed by atoms with Crippen LogP contribution in [0.2, 0.25) is 0 Å². The van der Waals surface area contributed by atoms with E-state index in [-0.39, 0.29) is 17.6 Å². The van der Waals surface area contributed by atoms with Crippen molar-refractivity contribution in [2.24, 2.45) is 0 Å². The first-order chi connectivity index (χ1) is 7.18. The summed E-state index contributed by atoms with van der Waals surface area (Å²) < 4.78 is 0. The van der Waals surface area contributed by atoms with Gasteiger partial charge in [0, 0.05) is 18.5 Å². The maximum absolute atomic E-state index is 11.8. The number of amides is 2. The van der Waals surface area contributed by atoms with Gasteiger partial charge < -0.3 is 5.11 Å². The fourth-order valence-corrected chi connectivity index (χ4v) is 1.62. The summed E-state index contributed by atoms with van der Waals surface area (Å²) in [5.41, 5.74) is 0.433. The summed E-state index contributed by atoms with van der Waals surface area (Å²) in [4.78, 5) is 24.4. The van der Waals surface area contributed by atoms with Gasteiger partial charge in [0.25, 0.3) is 5.91 Å². The molecule has 1 fully saturated rings. The molecule has 1 aliphatic rings. The first-order valence-electron chi connectivity index (χ1n) is 4.82. The van der Waals surface area contributed by atoms with E-state index in [1.54, 1.807) is 0 Å². The highest BCUT2D eigenvalue weighted by Gasteiger charge is 2.26. The Bertz CT molecular complexity index is 397. The number of carbonyl (C=O) groups excluding carboxylic acids is 2. The standard InChI is InChI=1S/C11H11NO3/c13-9-5-3-8(4-6-9)11(15)12-7-1-2-10(12)14/h3-6,13H,1-2,7H2. The molecule has 4 nitrogen and oxygen atoms in total. The molecule has 0 unspecified atom stereocenters. The first-order valence-corrected chi connectivity index (χ1v) is 4.82. The van der Waals surface area contributed by atoms with E-state index in [1.807, 2.05) is 0 Å². The van der Waals surface area contributed by atoms with Crippen molar-refractivity contribution in [3.8, 4) is 5.75 Å². The summed E-state index contributed by atoms with van der Waals surface area (Å²) in [5.74, 6) is -0.287. The maximum Gasteiger partial charge on any atom is 0.260 e. The van der Waals surface area contributed by atoms with Gasteiger partial charge in [-0.15, -0.1) is 0 Å². The fraction of sp³-hybridized carbons (Fsp3) is 0.273. The van der Waals surface area contributed by atoms with Gasteiger partial charge in [0.05, 0.1) is 0 Å². The van der Waals surface area contributed by atoms with E-state index < -0.39 is 0 Å². The normalized spacial score (nSPS) is 15.7. The molecule has 1 heterocycles. The molecule has 0 bridgehead atoms. The van der Waals surface area contributed by atoms with Crippen LogP contribution in [0.15, 0.2) is 24.3 Å². The van der Waals surface area contributed by atoms with Crippen LogP contribution in [0.25, 0.3) is 0 Å². The van der Waals surface area contributed by atoms with Crippen molar-refractivity contribution in [2.45, 2.75) is 12.8 Å². The van der Waals surface area contributed by atoms with E-state index in [2.05, 4.69) is 0 Å². The molecule has 4 heteroatoms. The lowest BCUT2D eigenvalue weighted by Gasteiger charge is -2.13. The Balaban J connectivity index is 2.20. The zero-order valence-electron chi connectivity index (χ0n) is 8.14. The van der Waals surface area contributed by atoms with E-state index in [4.69, 9.17) is 5.11 Å². The van der Waals surface area contributed by atoms with Crippen LogP contribution in [0, 0.1) is 0 Å². The number of nitrogens with zero attached hydrogens (tertiary/aromatic N) is 1. The molecule has 2 amide bonds. The summed E-state index contributed by atoms with van der Waals surface area (Å²) in [6.45, 7) is 0.499. The third-order valence-corrected chi connectivity index (χ3v) is 2.43. The predicted molar refractivity (Wildman–Crippen MR) is 53.4 cm³/mol. The van der Waals surface area contributed by atoms with Crippen LogP contribution in [0.5, 0.6) is 5.75 Å². The SMILES string of the molecule is O=C1CCCN1C(=O)c1ccc(O)cc1. The summed E-state index contributed by atoms with van der Waals surface area (Å²) >= 11 is 0. The smallest absolute Gasteiger partial charge is 0.260 e. The number of carbonyl (C=O) groups is 2. The fourth-order valence-electron chi connectivity index (χ4n) is 1.62. The van der Waals surface area contributed by atoms with E-state index in [1.165, 1.54) is 29.2 Å². The summed E-state index contributed by atoms with van der Waals surface area (Å²) in [5, 5.41) is 9.06. The van der Waals surface area contributed by atoms with Gasteiger partial charge in [-0.25, -0.2) is 0 Å². The van der Waals surface area contributed by atoms with Gasteiger partial charge in [-0.3, -0.25) is 14.5 Å². The Morgan fingerprint density at radius 1 is 1.27 bits per heavy atom. The van der Waals surface area contributed by atoms with Crippen LogP contribution in [-0.4, -0.2) is 28.4 Å². The Hall–Kier alpha value is -1.84. The monoisotopic (exact) mass is 205 g/mol. The van der Waals surface area contributed by atoms with Gasteiger partial charge >= 0.3 is 0 Å². The topological polar surface area (TPSA) is 57.6 Å². The van der Waals surface area contributed by atoms with Crippen molar-refractivity contribution in [1.82, 2.24) is 4.90 Å². The van der Waals surface area contributed by atoms with E-state index in [9.17, 15) is 9.59 Å². The van der Waals surface area contributed by atoms with Gasteiger partial charge in [-0.1, -0.05) is 0 Å². The third-order valence-electron chi connectivity index (χ3n) is 2.43. The molecule has 1 aromatic rings.